The Morgan fingerprint density at radius 2 is 1.96 bits per heavy atom. The molecule has 2 aliphatic heterocycles. The highest BCUT2D eigenvalue weighted by Gasteiger charge is 2.35. The number of carbonyl (C=O) groups is 2. The monoisotopic (exact) mass is 397 g/mol. The van der Waals surface area contributed by atoms with Crippen molar-refractivity contribution in [3.8, 4) is 0 Å². The molecular formula is C20H26F3N3O2. The summed E-state index contributed by atoms with van der Waals surface area (Å²) < 4.78 is 40.4. The van der Waals surface area contributed by atoms with Crippen LogP contribution in [0.3, 0.4) is 0 Å². The summed E-state index contributed by atoms with van der Waals surface area (Å²) in [4.78, 5) is 28.3. The zero-order valence-corrected chi connectivity index (χ0v) is 16.0. The summed E-state index contributed by atoms with van der Waals surface area (Å²) in [6, 6.07) is 3.33. The molecule has 2 aliphatic rings. The smallest absolute Gasteiger partial charge is 0.336 e. The van der Waals surface area contributed by atoms with E-state index in [4.69, 9.17) is 0 Å². The molecule has 5 nitrogen and oxygen atoms in total. The molecule has 0 aromatic heterocycles. The van der Waals surface area contributed by atoms with Crippen LogP contribution in [0.4, 0.5) is 18.9 Å². The highest BCUT2D eigenvalue weighted by Crippen LogP contribution is 2.34. The predicted molar refractivity (Wildman–Crippen MR) is 100 cm³/mol. The first-order valence-corrected chi connectivity index (χ1v) is 9.85. The fraction of sp³-hybridized carbons (Fsp3) is 0.600. The van der Waals surface area contributed by atoms with Gasteiger partial charge in [0.25, 0.3) is 5.91 Å². The maximum atomic E-state index is 13.5. The first-order chi connectivity index (χ1) is 13.3. The van der Waals surface area contributed by atoms with Crippen LogP contribution < -0.4 is 10.2 Å². The summed E-state index contributed by atoms with van der Waals surface area (Å²) >= 11 is 0. The van der Waals surface area contributed by atoms with Gasteiger partial charge in [-0.25, -0.2) is 0 Å². The SMILES string of the molecule is CCCN(C(=O)c1cc(N2CCCC2=O)cc(C(F)(F)F)c1)C1CCNCC1. The van der Waals surface area contributed by atoms with Crippen molar-refractivity contribution in [2.75, 3.05) is 31.1 Å². The molecule has 2 saturated heterocycles. The minimum atomic E-state index is -4.59. The number of amides is 2. The van der Waals surface area contributed by atoms with Gasteiger partial charge in [-0.15, -0.1) is 0 Å². The van der Waals surface area contributed by atoms with Gasteiger partial charge in [-0.05, 0) is 57.0 Å². The average molecular weight is 397 g/mol. The van der Waals surface area contributed by atoms with Crippen LogP contribution in [-0.4, -0.2) is 48.9 Å². The molecule has 0 unspecified atom stereocenters. The second-order valence-corrected chi connectivity index (χ2v) is 7.39. The molecule has 1 N–H and O–H groups in total. The third-order valence-corrected chi connectivity index (χ3v) is 5.35. The molecule has 0 bridgehead atoms. The number of carbonyl (C=O) groups excluding carboxylic acids is 2. The van der Waals surface area contributed by atoms with Gasteiger partial charge in [0.2, 0.25) is 5.91 Å². The van der Waals surface area contributed by atoms with E-state index in [1.165, 1.54) is 11.0 Å². The molecule has 3 rings (SSSR count). The standard InChI is InChI=1S/C20H26F3N3O2/c1-2-9-26(16-5-7-24-8-6-16)19(28)14-11-15(20(21,22)23)13-17(12-14)25-10-3-4-18(25)27/h11-13,16,24H,2-10H2,1H3. The molecule has 2 amide bonds. The quantitative estimate of drug-likeness (QED) is 0.828. The maximum absolute atomic E-state index is 13.5. The largest absolute Gasteiger partial charge is 0.416 e. The van der Waals surface area contributed by atoms with Gasteiger partial charge >= 0.3 is 6.18 Å². The fourth-order valence-corrected chi connectivity index (χ4v) is 3.95. The Morgan fingerprint density at radius 3 is 2.54 bits per heavy atom. The number of halogens is 3. The number of piperidine rings is 1. The van der Waals surface area contributed by atoms with Gasteiger partial charge < -0.3 is 15.1 Å². The van der Waals surface area contributed by atoms with E-state index in [9.17, 15) is 22.8 Å². The third kappa shape index (κ3) is 4.48. The predicted octanol–water partition coefficient (Wildman–Crippen LogP) is 3.44. The number of hydrogen-bond acceptors (Lipinski definition) is 3. The van der Waals surface area contributed by atoms with Gasteiger partial charge in [-0.3, -0.25) is 9.59 Å². The molecule has 0 spiro atoms. The van der Waals surface area contributed by atoms with E-state index in [2.05, 4.69) is 5.32 Å². The Morgan fingerprint density at radius 1 is 1.25 bits per heavy atom. The zero-order valence-electron chi connectivity index (χ0n) is 16.0. The van der Waals surface area contributed by atoms with Gasteiger partial charge in [0.1, 0.15) is 0 Å². The lowest BCUT2D eigenvalue weighted by Gasteiger charge is -2.35. The summed E-state index contributed by atoms with van der Waals surface area (Å²) in [7, 11) is 0. The molecule has 2 fully saturated rings. The van der Waals surface area contributed by atoms with E-state index in [0.29, 0.717) is 25.9 Å². The lowest BCUT2D eigenvalue weighted by molar-refractivity contribution is -0.137. The molecule has 0 aliphatic carbocycles. The number of nitrogens with one attached hydrogen (secondary N) is 1. The minimum Gasteiger partial charge on any atom is -0.336 e. The van der Waals surface area contributed by atoms with E-state index in [0.717, 1.165) is 44.5 Å². The van der Waals surface area contributed by atoms with Crippen LogP contribution in [0.25, 0.3) is 0 Å². The molecule has 0 saturated carbocycles. The molecule has 1 aromatic rings. The molecule has 2 heterocycles. The Labute approximate surface area is 162 Å². The van der Waals surface area contributed by atoms with Gasteiger partial charge in [0.15, 0.2) is 0 Å². The van der Waals surface area contributed by atoms with Crippen LogP contribution in [0.5, 0.6) is 0 Å². The Kier molecular flexibility index (Phi) is 6.27. The van der Waals surface area contributed by atoms with Crippen LogP contribution >= 0.6 is 0 Å². The number of alkyl halides is 3. The summed E-state index contributed by atoms with van der Waals surface area (Å²) in [5, 5.41) is 3.24. The van der Waals surface area contributed by atoms with E-state index < -0.39 is 17.6 Å². The van der Waals surface area contributed by atoms with Crippen molar-refractivity contribution in [2.45, 2.75) is 51.2 Å². The number of rotatable bonds is 5. The Balaban J connectivity index is 1.97. The molecule has 0 radical (unpaired) electrons. The average Bonchev–Trinajstić information content (AvgIpc) is 3.11. The lowest BCUT2D eigenvalue weighted by Crippen LogP contribution is -2.46. The molecule has 1 aromatic carbocycles. The van der Waals surface area contributed by atoms with Crippen LogP contribution in [0.1, 0.15) is 54.9 Å². The van der Waals surface area contributed by atoms with Gasteiger partial charge in [0.05, 0.1) is 5.56 Å². The highest BCUT2D eigenvalue weighted by atomic mass is 19.4. The number of anilines is 1. The van der Waals surface area contributed by atoms with Crippen molar-refractivity contribution in [3.05, 3.63) is 29.3 Å². The topological polar surface area (TPSA) is 52.7 Å². The third-order valence-electron chi connectivity index (χ3n) is 5.35. The van der Waals surface area contributed by atoms with Crippen molar-refractivity contribution in [1.29, 1.82) is 0 Å². The van der Waals surface area contributed by atoms with Crippen molar-refractivity contribution >= 4 is 17.5 Å². The molecular weight excluding hydrogens is 371 g/mol. The van der Waals surface area contributed by atoms with E-state index in [-0.39, 0.29) is 23.2 Å². The summed E-state index contributed by atoms with van der Waals surface area (Å²) in [5.41, 5.74) is -0.742. The van der Waals surface area contributed by atoms with E-state index >= 15 is 0 Å². The minimum absolute atomic E-state index is 0.00323. The van der Waals surface area contributed by atoms with Crippen molar-refractivity contribution in [1.82, 2.24) is 10.2 Å². The second kappa shape index (κ2) is 8.51. The Bertz CT molecular complexity index is 730. The maximum Gasteiger partial charge on any atom is 0.416 e. The second-order valence-electron chi connectivity index (χ2n) is 7.39. The van der Waals surface area contributed by atoms with E-state index in [1.807, 2.05) is 6.92 Å². The summed E-state index contributed by atoms with van der Waals surface area (Å²) in [6.07, 6.45) is -1.37. The number of nitrogens with zero attached hydrogens (tertiary/aromatic N) is 2. The zero-order chi connectivity index (χ0) is 20.3. The van der Waals surface area contributed by atoms with Crippen LogP contribution in [-0.2, 0) is 11.0 Å². The van der Waals surface area contributed by atoms with Crippen LogP contribution in [0.15, 0.2) is 18.2 Å². The first kappa shape index (κ1) is 20.6. The normalized spacial score (nSPS) is 18.6. The van der Waals surface area contributed by atoms with Gasteiger partial charge in [-0.2, -0.15) is 13.2 Å². The van der Waals surface area contributed by atoms with Gasteiger partial charge in [0, 0.05) is 36.8 Å². The van der Waals surface area contributed by atoms with Crippen molar-refractivity contribution in [3.63, 3.8) is 0 Å². The Hall–Kier alpha value is -2.09. The molecule has 8 heteroatoms. The molecule has 28 heavy (non-hydrogen) atoms. The van der Waals surface area contributed by atoms with Crippen molar-refractivity contribution in [2.24, 2.45) is 0 Å². The molecule has 154 valence electrons. The summed E-state index contributed by atoms with van der Waals surface area (Å²) in [5.74, 6) is -0.603. The van der Waals surface area contributed by atoms with E-state index in [1.54, 1.807) is 4.90 Å². The van der Waals surface area contributed by atoms with Crippen LogP contribution in [0, 0.1) is 0 Å². The highest BCUT2D eigenvalue weighted by molar-refractivity contribution is 5.99. The first-order valence-electron chi connectivity index (χ1n) is 9.85. The van der Waals surface area contributed by atoms with Gasteiger partial charge in [-0.1, -0.05) is 6.92 Å². The number of benzene rings is 1. The number of hydrogen-bond donors (Lipinski definition) is 1. The fourth-order valence-electron chi connectivity index (χ4n) is 3.95. The van der Waals surface area contributed by atoms with Crippen LogP contribution in [0.2, 0.25) is 0 Å². The molecule has 0 atom stereocenters. The lowest BCUT2D eigenvalue weighted by atomic mass is 10.0. The van der Waals surface area contributed by atoms with Crippen molar-refractivity contribution < 1.29 is 22.8 Å². The summed E-state index contributed by atoms with van der Waals surface area (Å²) in [6.45, 7) is 4.39.